The molecule has 4 nitrogen and oxygen atoms in total. The topological polar surface area (TPSA) is 55.1 Å². The summed E-state index contributed by atoms with van der Waals surface area (Å²) >= 11 is 0. The highest BCUT2D eigenvalue weighted by molar-refractivity contribution is 6.01. The number of carboxylic acids is 1. The smallest absolute Gasteiger partial charge is 0.337 e. The van der Waals surface area contributed by atoms with Crippen LogP contribution >= 0.6 is 0 Å². The number of carboxylic acid groups (broad SMARTS) is 1. The lowest BCUT2D eigenvalue weighted by Gasteiger charge is -2.07. The molecule has 17 heavy (non-hydrogen) atoms. The van der Waals surface area contributed by atoms with E-state index in [-0.39, 0.29) is 0 Å². The van der Waals surface area contributed by atoms with E-state index in [1.165, 1.54) is 0 Å². The molecule has 1 heterocycles. The lowest BCUT2D eigenvalue weighted by atomic mass is 10.2. The van der Waals surface area contributed by atoms with Crippen LogP contribution in [0.3, 0.4) is 0 Å². The third-order valence-electron chi connectivity index (χ3n) is 2.84. The third-order valence-corrected chi connectivity index (χ3v) is 2.84. The van der Waals surface area contributed by atoms with Gasteiger partial charge in [0.2, 0.25) is 0 Å². The van der Waals surface area contributed by atoms with E-state index in [9.17, 15) is 9.90 Å². The van der Waals surface area contributed by atoms with Crippen molar-refractivity contribution in [2.45, 2.75) is 33.2 Å². The Morgan fingerprint density at radius 1 is 1.41 bits per heavy atom. The molecule has 0 radical (unpaired) electrons. The maximum Gasteiger partial charge on any atom is 0.337 e. The standard InChI is InChI=1S/C13H16N2O2/c1-3-8-15-11(4-2)14-10-7-5-6-9(12(10)15)13(16)17/h5-7H,3-4,8H2,1-2H3,(H,16,17). The zero-order valence-electron chi connectivity index (χ0n) is 10.1. The fourth-order valence-corrected chi connectivity index (χ4v) is 2.14. The van der Waals surface area contributed by atoms with Crippen LogP contribution in [-0.2, 0) is 13.0 Å². The van der Waals surface area contributed by atoms with Gasteiger partial charge in [-0.25, -0.2) is 9.78 Å². The average molecular weight is 232 g/mol. The van der Waals surface area contributed by atoms with Crippen molar-refractivity contribution in [2.75, 3.05) is 0 Å². The van der Waals surface area contributed by atoms with E-state index in [1.54, 1.807) is 12.1 Å². The first kappa shape index (κ1) is 11.6. The van der Waals surface area contributed by atoms with E-state index < -0.39 is 5.97 Å². The van der Waals surface area contributed by atoms with Gasteiger partial charge in [0.15, 0.2) is 0 Å². The van der Waals surface area contributed by atoms with Crippen LogP contribution in [0.4, 0.5) is 0 Å². The maximum absolute atomic E-state index is 11.2. The molecule has 1 N–H and O–H groups in total. The molecule has 2 rings (SSSR count). The molecule has 0 amide bonds. The van der Waals surface area contributed by atoms with E-state index in [0.717, 1.165) is 36.2 Å². The number of rotatable bonds is 4. The van der Waals surface area contributed by atoms with Crippen molar-refractivity contribution in [1.29, 1.82) is 0 Å². The second kappa shape index (κ2) is 4.57. The normalized spacial score (nSPS) is 10.9. The second-order valence-corrected chi connectivity index (χ2v) is 4.01. The highest BCUT2D eigenvalue weighted by atomic mass is 16.4. The number of aryl methyl sites for hydroxylation is 2. The number of hydrogen-bond donors (Lipinski definition) is 1. The van der Waals surface area contributed by atoms with Gasteiger partial charge in [0, 0.05) is 13.0 Å². The first-order valence-electron chi connectivity index (χ1n) is 5.90. The van der Waals surface area contributed by atoms with Gasteiger partial charge in [-0.3, -0.25) is 0 Å². The van der Waals surface area contributed by atoms with Crippen LogP contribution in [0.15, 0.2) is 18.2 Å². The molecule has 90 valence electrons. The number of fused-ring (bicyclic) bond motifs is 1. The Morgan fingerprint density at radius 2 is 2.18 bits per heavy atom. The summed E-state index contributed by atoms with van der Waals surface area (Å²) in [6.07, 6.45) is 1.78. The average Bonchev–Trinajstić information content (AvgIpc) is 2.67. The van der Waals surface area contributed by atoms with E-state index in [4.69, 9.17) is 0 Å². The number of aromatic carboxylic acids is 1. The fourth-order valence-electron chi connectivity index (χ4n) is 2.14. The van der Waals surface area contributed by atoms with Crippen molar-refractivity contribution in [3.63, 3.8) is 0 Å². The lowest BCUT2D eigenvalue weighted by Crippen LogP contribution is -2.06. The van der Waals surface area contributed by atoms with Gasteiger partial charge in [0.05, 0.1) is 16.6 Å². The van der Waals surface area contributed by atoms with Gasteiger partial charge in [0.25, 0.3) is 0 Å². The molecule has 1 aromatic carbocycles. The highest BCUT2D eigenvalue weighted by Crippen LogP contribution is 2.21. The molecular weight excluding hydrogens is 216 g/mol. The Labute approximate surface area is 99.9 Å². The second-order valence-electron chi connectivity index (χ2n) is 4.01. The Balaban J connectivity index is 2.76. The molecule has 0 bridgehead atoms. The molecule has 0 unspecified atom stereocenters. The lowest BCUT2D eigenvalue weighted by molar-refractivity contribution is 0.0698. The van der Waals surface area contributed by atoms with Gasteiger partial charge in [-0.1, -0.05) is 19.9 Å². The fraction of sp³-hybridized carbons (Fsp3) is 0.385. The maximum atomic E-state index is 11.2. The van der Waals surface area contributed by atoms with Crippen molar-refractivity contribution in [1.82, 2.24) is 9.55 Å². The zero-order valence-corrected chi connectivity index (χ0v) is 10.1. The molecule has 0 fully saturated rings. The van der Waals surface area contributed by atoms with E-state index in [1.807, 2.05) is 17.6 Å². The molecule has 0 atom stereocenters. The van der Waals surface area contributed by atoms with Crippen molar-refractivity contribution in [3.8, 4) is 0 Å². The molecule has 0 aliphatic heterocycles. The number of para-hydroxylation sites is 1. The quantitative estimate of drug-likeness (QED) is 0.881. The summed E-state index contributed by atoms with van der Waals surface area (Å²) in [4.78, 5) is 15.7. The monoisotopic (exact) mass is 232 g/mol. The first-order chi connectivity index (χ1) is 8.19. The number of carbonyl (C=O) groups is 1. The number of nitrogens with zero attached hydrogens (tertiary/aromatic N) is 2. The summed E-state index contributed by atoms with van der Waals surface area (Å²) in [5.41, 5.74) is 1.86. The Bertz CT molecular complexity index is 558. The van der Waals surface area contributed by atoms with Crippen LogP contribution in [0.1, 0.15) is 36.5 Å². The van der Waals surface area contributed by atoms with Crippen LogP contribution in [0.2, 0.25) is 0 Å². The van der Waals surface area contributed by atoms with E-state index in [2.05, 4.69) is 11.9 Å². The van der Waals surface area contributed by atoms with E-state index in [0.29, 0.717) is 5.56 Å². The molecule has 0 saturated carbocycles. The van der Waals surface area contributed by atoms with Gasteiger partial charge in [-0.05, 0) is 18.6 Å². The predicted octanol–water partition coefficient (Wildman–Crippen LogP) is 2.71. The van der Waals surface area contributed by atoms with Gasteiger partial charge < -0.3 is 9.67 Å². The summed E-state index contributed by atoms with van der Waals surface area (Å²) in [5.74, 6) is 0.0612. The van der Waals surface area contributed by atoms with Gasteiger partial charge in [0.1, 0.15) is 5.82 Å². The molecular formula is C13H16N2O2. The summed E-state index contributed by atoms with van der Waals surface area (Å²) < 4.78 is 2.03. The summed E-state index contributed by atoms with van der Waals surface area (Å²) in [6, 6.07) is 5.25. The van der Waals surface area contributed by atoms with Gasteiger partial charge >= 0.3 is 5.97 Å². The number of hydrogen-bond acceptors (Lipinski definition) is 2. The molecule has 0 spiro atoms. The van der Waals surface area contributed by atoms with Gasteiger partial charge in [-0.2, -0.15) is 0 Å². The van der Waals surface area contributed by atoms with Crippen molar-refractivity contribution in [3.05, 3.63) is 29.6 Å². The minimum absolute atomic E-state index is 0.336. The SMILES string of the molecule is CCCn1c(CC)nc2cccc(C(=O)O)c21. The molecule has 1 aromatic heterocycles. The van der Waals surface area contributed by atoms with Crippen molar-refractivity contribution in [2.24, 2.45) is 0 Å². The number of imidazole rings is 1. The van der Waals surface area contributed by atoms with Crippen LogP contribution in [0, 0.1) is 0 Å². The minimum Gasteiger partial charge on any atom is -0.478 e. The Morgan fingerprint density at radius 3 is 2.76 bits per heavy atom. The van der Waals surface area contributed by atoms with E-state index >= 15 is 0 Å². The summed E-state index contributed by atoms with van der Waals surface area (Å²) in [7, 11) is 0. The first-order valence-corrected chi connectivity index (χ1v) is 5.90. The minimum atomic E-state index is -0.893. The predicted molar refractivity (Wildman–Crippen MR) is 66.4 cm³/mol. The van der Waals surface area contributed by atoms with Crippen LogP contribution < -0.4 is 0 Å². The van der Waals surface area contributed by atoms with Crippen LogP contribution in [-0.4, -0.2) is 20.6 Å². The largest absolute Gasteiger partial charge is 0.478 e. The number of aromatic nitrogens is 2. The summed E-state index contributed by atoms with van der Waals surface area (Å²) in [6.45, 7) is 4.92. The van der Waals surface area contributed by atoms with Gasteiger partial charge in [-0.15, -0.1) is 0 Å². The molecule has 0 aliphatic rings. The molecule has 0 saturated heterocycles. The van der Waals surface area contributed by atoms with Crippen molar-refractivity contribution >= 4 is 17.0 Å². The molecule has 4 heteroatoms. The molecule has 0 aliphatic carbocycles. The van der Waals surface area contributed by atoms with Crippen LogP contribution in [0.25, 0.3) is 11.0 Å². The summed E-state index contributed by atoms with van der Waals surface area (Å²) in [5, 5.41) is 9.22. The van der Waals surface area contributed by atoms with Crippen LogP contribution in [0.5, 0.6) is 0 Å². The zero-order chi connectivity index (χ0) is 12.4. The Kier molecular flexibility index (Phi) is 3.13. The Hall–Kier alpha value is -1.84. The third kappa shape index (κ3) is 1.90. The molecule has 2 aromatic rings. The highest BCUT2D eigenvalue weighted by Gasteiger charge is 2.15. The number of benzene rings is 1. The van der Waals surface area contributed by atoms with Crippen molar-refractivity contribution < 1.29 is 9.90 Å².